The molecule has 0 amide bonds. The highest BCUT2D eigenvalue weighted by molar-refractivity contribution is 5.80. The molecule has 0 radical (unpaired) electrons. The van der Waals surface area contributed by atoms with E-state index in [4.69, 9.17) is 9.47 Å². The highest BCUT2D eigenvalue weighted by atomic mass is 16.5. The molecule has 5 nitrogen and oxygen atoms in total. The van der Waals surface area contributed by atoms with Crippen LogP contribution < -0.4 is 0 Å². The molecule has 0 aromatic heterocycles. The minimum atomic E-state index is -0.645. The second-order valence-corrected chi connectivity index (χ2v) is 6.27. The van der Waals surface area contributed by atoms with Crippen molar-refractivity contribution in [2.24, 2.45) is 17.3 Å². The van der Waals surface area contributed by atoms with Crippen molar-refractivity contribution in [2.75, 3.05) is 13.2 Å². The molecule has 0 aromatic rings. The molecule has 0 rings (SSSR count). The van der Waals surface area contributed by atoms with Gasteiger partial charge in [-0.15, -0.1) is 0 Å². The van der Waals surface area contributed by atoms with E-state index in [1.807, 2.05) is 6.92 Å². The fourth-order valence-corrected chi connectivity index (χ4v) is 2.27. The van der Waals surface area contributed by atoms with Gasteiger partial charge in [-0.05, 0) is 46.0 Å². The normalized spacial score (nSPS) is 14.8. The SMILES string of the molecule is CCOC(=O)CC(CC(C)(C#N)CCC(C)C)C(=O)OCC. The first-order valence-electron chi connectivity index (χ1n) is 8.01. The van der Waals surface area contributed by atoms with Crippen LogP contribution in [0.2, 0.25) is 0 Å². The Morgan fingerprint density at radius 3 is 2.23 bits per heavy atom. The Kier molecular flexibility index (Phi) is 9.48. The van der Waals surface area contributed by atoms with Gasteiger partial charge in [0.15, 0.2) is 0 Å². The van der Waals surface area contributed by atoms with E-state index in [0.717, 1.165) is 6.42 Å². The van der Waals surface area contributed by atoms with Gasteiger partial charge in [0.05, 0.1) is 37.0 Å². The molecule has 5 heteroatoms. The summed E-state index contributed by atoms with van der Waals surface area (Å²) in [6, 6.07) is 2.31. The van der Waals surface area contributed by atoms with Crippen molar-refractivity contribution in [1.29, 1.82) is 5.26 Å². The summed E-state index contributed by atoms with van der Waals surface area (Å²) in [4.78, 5) is 23.8. The predicted molar refractivity (Wildman–Crippen MR) is 83.8 cm³/mol. The van der Waals surface area contributed by atoms with Crippen LogP contribution in [0.3, 0.4) is 0 Å². The van der Waals surface area contributed by atoms with Crippen molar-refractivity contribution >= 4 is 11.9 Å². The Morgan fingerprint density at radius 2 is 1.77 bits per heavy atom. The van der Waals surface area contributed by atoms with E-state index >= 15 is 0 Å². The van der Waals surface area contributed by atoms with Gasteiger partial charge in [0.25, 0.3) is 0 Å². The lowest BCUT2D eigenvalue weighted by molar-refractivity contribution is -0.155. The zero-order chi connectivity index (χ0) is 17.2. The quantitative estimate of drug-likeness (QED) is 0.577. The summed E-state index contributed by atoms with van der Waals surface area (Å²) >= 11 is 0. The smallest absolute Gasteiger partial charge is 0.309 e. The highest BCUT2D eigenvalue weighted by Crippen LogP contribution is 2.34. The molecule has 0 N–H and O–H groups in total. The number of hydrogen-bond acceptors (Lipinski definition) is 5. The van der Waals surface area contributed by atoms with Crippen molar-refractivity contribution in [1.82, 2.24) is 0 Å². The van der Waals surface area contributed by atoms with Crippen molar-refractivity contribution in [3.8, 4) is 6.07 Å². The van der Waals surface area contributed by atoms with Gasteiger partial charge in [0, 0.05) is 0 Å². The number of nitrogens with zero attached hydrogens (tertiary/aromatic N) is 1. The van der Waals surface area contributed by atoms with E-state index in [9.17, 15) is 14.9 Å². The van der Waals surface area contributed by atoms with Crippen LogP contribution >= 0.6 is 0 Å². The van der Waals surface area contributed by atoms with E-state index in [-0.39, 0.29) is 19.6 Å². The van der Waals surface area contributed by atoms with Crippen LogP contribution in [-0.2, 0) is 19.1 Å². The fraction of sp³-hybridized carbons (Fsp3) is 0.824. The maximum absolute atomic E-state index is 12.1. The maximum Gasteiger partial charge on any atom is 0.309 e. The van der Waals surface area contributed by atoms with Crippen molar-refractivity contribution in [2.45, 2.75) is 60.3 Å². The molecule has 0 fully saturated rings. The predicted octanol–water partition coefficient (Wildman–Crippen LogP) is 3.48. The number of esters is 2. The van der Waals surface area contributed by atoms with Crippen LogP contribution in [0.5, 0.6) is 0 Å². The van der Waals surface area contributed by atoms with Crippen LogP contribution in [-0.4, -0.2) is 25.2 Å². The van der Waals surface area contributed by atoms with Gasteiger partial charge in [-0.3, -0.25) is 9.59 Å². The summed E-state index contributed by atoms with van der Waals surface area (Å²) in [7, 11) is 0. The van der Waals surface area contributed by atoms with Crippen LogP contribution in [0.15, 0.2) is 0 Å². The van der Waals surface area contributed by atoms with Crippen LogP contribution in [0.4, 0.5) is 0 Å². The second-order valence-electron chi connectivity index (χ2n) is 6.27. The monoisotopic (exact) mass is 311 g/mol. The number of carbonyl (C=O) groups is 2. The molecule has 22 heavy (non-hydrogen) atoms. The Bertz CT molecular complexity index is 400. The molecule has 2 unspecified atom stereocenters. The summed E-state index contributed by atoms with van der Waals surface area (Å²) in [6.07, 6.45) is 1.87. The van der Waals surface area contributed by atoms with Crippen molar-refractivity contribution in [3.63, 3.8) is 0 Å². The summed E-state index contributed by atoms with van der Waals surface area (Å²) in [5, 5.41) is 9.48. The first kappa shape index (κ1) is 20.4. The van der Waals surface area contributed by atoms with Gasteiger partial charge in [0.1, 0.15) is 0 Å². The van der Waals surface area contributed by atoms with Crippen LogP contribution in [0.1, 0.15) is 60.3 Å². The van der Waals surface area contributed by atoms with Gasteiger partial charge in [0.2, 0.25) is 0 Å². The molecule has 0 aliphatic rings. The first-order chi connectivity index (χ1) is 10.3. The summed E-state index contributed by atoms with van der Waals surface area (Å²) in [5.74, 6) is -0.999. The van der Waals surface area contributed by atoms with Crippen LogP contribution in [0.25, 0.3) is 0 Å². The lowest BCUT2D eigenvalue weighted by Gasteiger charge is -2.26. The molecule has 0 heterocycles. The van der Waals surface area contributed by atoms with Gasteiger partial charge >= 0.3 is 11.9 Å². The number of rotatable bonds is 10. The molecule has 126 valence electrons. The minimum Gasteiger partial charge on any atom is -0.466 e. The van der Waals surface area contributed by atoms with Gasteiger partial charge < -0.3 is 9.47 Å². The number of carbonyl (C=O) groups excluding carboxylic acids is 2. The van der Waals surface area contributed by atoms with E-state index in [1.165, 1.54) is 0 Å². The Hall–Kier alpha value is -1.57. The molecular formula is C17H29NO4. The summed E-state index contributed by atoms with van der Waals surface area (Å²) in [6.45, 7) is 10.0. The third-order valence-electron chi connectivity index (χ3n) is 3.58. The van der Waals surface area contributed by atoms with Crippen LogP contribution in [0, 0.1) is 28.6 Å². The standard InChI is InChI=1S/C17H29NO4/c1-6-21-15(19)10-14(16(20)22-7-2)11-17(5,12-18)9-8-13(3)4/h13-14H,6-11H2,1-5H3. The Balaban J connectivity index is 4.95. The molecule has 2 atom stereocenters. The average Bonchev–Trinajstić information content (AvgIpc) is 2.45. The molecule has 0 bridgehead atoms. The third-order valence-corrected chi connectivity index (χ3v) is 3.58. The van der Waals surface area contributed by atoms with Crippen molar-refractivity contribution < 1.29 is 19.1 Å². The summed E-state index contributed by atoms with van der Waals surface area (Å²) in [5.41, 5.74) is -0.645. The summed E-state index contributed by atoms with van der Waals surface area (Å²) < 4.78 is 9.96. The fourth-order valence-electron chi connectivity index (χ4n) is 2.27. The maximum atomic E-state index is 12.1. The average molecular weight is 311 g/mol. The molecule has 0 aliphatic heterocycles. The van der Waals surface area contributed by atoms with E-state index in [0.29, 0.717) is 18.8 Å². The zero-order valence-electron chi connectivity index (χ0n) is 14.5. The van der Waals surface area contributed by atoms with E-state index in [2.05, 4.69) is 19.9 Å². The highest BCUT2D eigenvalue weighted by Gasteiger charge is 2.34. The second kappa shape index (κ2) is 10.2. The molecule has 0 aliphatic carbocycles. The molecule has 0 saturated heterocycles. The van der Waals surface area contributed by atoms with Gasteiger partial charge in [-0.25, -0.2) is 0 Å². The number of hydrogen-bond donors (Lipinski definition) is 0. The van der Waals surface area contributed by atoms with Crippen molar-refractivity contribution in [3.05, 3.63) is 0 Å². The van der Waals surface area contributed by atoms with E-state index in [1.54, 1.807) is 13.8 Å². The lowest BCUT2D eigenvalue weighted by atomic mass is 9.76. The molecule has 0 aromatic carbocycles. The Labute approximate surface area is 134 Å². The minimum absolute atomic E-state index is 0.0361. The first-order valence-corrected chi connectivity index (χ1v) is 8.01. The molecule has 0 spiro atoms. The number of nitriles is 1. The zero-order valence-corrected chi connectivity index (χ0v) is 14.5. The topological polar surface area (TPSA) is 76.4 Å². The van der Waals surface area contributed by atoms with Gasteiger partial charge in [-0.2, -0.15) is 5.26 Å². The Morgan fingerprint density at radius 1 is 1.18 bits per heavy atom. The van der Waals surface area contributed by atoms with E-state index < -0.39 is 23.3 Å². The largest absolute Gasteiger partial charge is 0.466 e. The third kappa shape index (κ3) is 8.02. The molecule has 0 saturated carbocycles. The van der Waals surface area contributed by atoms with Gasteiger partial charge in [-0.1, -0.05) is 13.8 Å². The lowest BCUT2D eigenvalue weighted by Crippen LogP contribution is -2.28. The number of ether oxygens (including phenoxy) is 2. The molecular weight excluding hydrogens is 282 g/mol.